The maximum atomic E-state index is 4.40. The number of nitrogens with zero attached hydrogens (tertiary/aromatic N) is 3. The Morgan fingerprint density at radius 2 is 1.62 bits per heavy atom. The second kappa shape index (κ2) is 12.6. The fourth-order valence-corrected chi connectivity index (χ4v) is 6.48. The van der Waals surface area contributed by atoms with Crippen molar-refractivity contribution in [1.29, 1.82) is 0 Å². The van der Waals surface area contributed by atoms with Crippen molar-refractivity contribution in [2.75, 3.05) is 32.7 Å². The summed E-state index contributed by atoms with van der Waals surface area (Å²) in [6.45, 7) is 21.7. The van der Waals surface area contributed by atoms with Crippen molar-refractivity contribution in [3.05, 3.63) is 53.3 Å². The van der Waals surface area contributed by atoms with Crippen LogP contribution in [0.1, 0.15) is 95.9 Å². The van der Waals surface area contributed by atoms with E-state index >= 15 is 0 Å². The number of H-pyrrole nitrogens is 1. The lowest BCUT2D eigenvalue weighted by Crippen LogP contribution is -2.43. The lowest BCUT2D eigenvalue weighted by molar-refractivity contribution is 0.111. The number of aromatic nitrogens is 2. The normalized spacial score (nSPS) is 18.5. The summed E-state index contributed by atoms with van der Waals surface area (Å²) < 4.78 is 0. The van der Waals surface area contributed by atoms with Crippen molar-refractivity contribution in [2.45, 2.75) is 92.0 Å². The highest BCUT2D eigenvalue weighted by Crippen LogP contribution is 2.38. The quantitative estimate of drug-likeness (QED) is 0.371. The van der Waals surface area contributed by atoms with E-state index in [4.69, 9.17) is 0 Å². The van der Waals surface area contributed by atoms with Gasteiger partial charge in [0.25, 0.3) is 0 Å². The molecule has 4 heteroatoms. The van der Waals surface area contributed by atoms with Gasteiger partial charge in [0, 0.05) is 40.9 Å². The van der Waals surface area contributed by atoms with Crippen molar-refractivity contribution in [2.24, 2.45) is 5.92 Å². The van der Waals surface area contributed by atoms with E-state index in [1.165, 1.54) is 91.7 Å². The molecule has 37 heavy (non-hydrogen) atoms. The van der Waals surface area contributed by atoms with Crippen LogP contribution in [0.3, 0.4) is 0 Å². The molecule has 4 heterocycles. The van der Waals surface area contributed by atoms with Crippen LogP contribution in [0.5, 0.6) is 0 Å². The number of aromatic amines is 1. The number of rotatable bonds is 6. The Morgan fingerprint density at radius 3 is 2.24 bits per heavy atom. The summed E-state index contributed by atoms with van der Waals surface area (Å²) in [4.78, 5) is 13.5. The highest BCUT2D eigenvalue weighted by atomic mass is 15.2. The van der Waals surface area contributed by atoms with Gasteiger partial charge >= 0.3 is 0 Å². The van der Waals surface area contributed by atoms with Gasteiger partial charge in [0.1, 0.15) is 0 Å². The number of aryl methyl sites for hydroxylation is 1. The third kappa shape index (κ3) is 6.46. The summed E-state index contributed by atoms with van der Waals surface area (Å²) in [5, 5.41) is 1.40. The number of fused-ring (bicyclic) bond motifs is 1. The average Bonchev–Trinajstić information content (AvgIpc) is 3.30. The molecule has 202 valence electrons. The summed E-state index contributed by atoms with van der Waals surface area (Å²) in [6, 6.07) is 12.2. The Balaban J connectivity index is 0.00000156. The second-order valence-electron chi connectivity index (χ2n) is 11.7. The van der Waals surface area contributed by atoms with Gasteiger partial charge in [-0.1, -0.05) is 33.8 Å². The molecule has 2 aliphatic heterocycles. The molecule has 0 saturated carbocycles. The van der Waals surface area contributed by atoms with Gasteiger partial charge in [-0.3, -0.25) is 4.98 Å². The SMILES string of the molecule is CC.Cc1cc(-c2[nH]c3ccc(C4CCN(CC5CCN(C(C)C)CC5)CC4)cc3c2C(C)C)ccn1. The fourth-order valence-electron chi connectivity index (χ4n) is 6.48. The van der Waals surface area contributed by atoms with E-state index in [1.54, 1.807) is 0 Å². The maximum Gasteiger partial charge on any atom is 0.0501 e. The Labute approximate surface area is 225 Å². The summed E-state index contributed by atoms with van der Waals surface area (Å²) >= 11 is 0. The predicted molar refractivity (Wildman–Crippen MR) is 160 cm³/mol. The van der Waals surface area contributed by atoms with Crippen LogP contribution in [0.4, 0.5) is 0 Å². The topological polar surface area (TPSA) is 35.2 Å². The highest BCUT2D eigenvalue weighted by molar-refractivity contribution is 5.92. The first-order valence-corrected chi connectivity index (χ1v) is 14.9. The Kier molecular flexibility index (Phi) is 9.47. The first-order valence-electron chi connectivity index (χ1n) is 14.9. The van der Waals surface area contributed by atoms with E-state index in [9.17, 15) is 0 Å². The number of nitrogens with one attached hydrogen (secondary N) is 1. The summed E-state index contributed by atoms with van der Waals surface area (Å²) in [5.41, 5.74) is 7.79. The molecule has 1 aromatic carbocycles. The van der Waals surface area contributed by atoms with Gasteiger partial charge < -0.3 is 14.8 Å². The number of pyridine rings is 1. The van der Waals surface area contributed by atoms with Crippen molar-refractivity contribution in [3.63, 3.8) is 0 Å². The molecule has 2 saturated heterocycles. The number of likely N-dealkylation sites (tertiary alicyclic amines) is 2. The average molecular weight is 503 g/mol. The predicted octanol–water partition coefficient (Wildman–Crippen LogP) is 7.99. The van der Waals surface area contributed by atoms with Crippen molar-refractivity contribution in [1.82, 2.24) is 19.8 Å². The number of hydrogen-bond acceptors (Lipinski definition) is 3. The third-order valence-electron chi connectivity index (χ3n) is 8.58. The zero-order valence-electron chi connectivity index (χ0n) is 24.5. The summed E-state index contributed by atoms with van der Waals surface area (Å²) in [5.74, 6) is 2.04. The molecule has 0 bridgehead atoms. The van der Waals surface area contributed by atoms with Gasteiger partial charge in [0.05, 0.1) is 5.69 Å². The van der Waals surface area contributed by atoms with Crippen molar-refractivity contribution in [3.8, 4) is 11.3 Å². The van der Waals surface area contributed by atoms with Gasteiger partial charge in [-0.15, -0.1) is 0 Å². The van der Waals surface area contributed by atoms with E-state index in [0.29, 0.717) is 17.9 Å². The van der Waals surface area contributed by atoms with Crippen molar-refractivity contribution >= 4 is 10.9 Å². The molecule has 1 N–H and O–H groups in total. The zero-order valence-corrected chi connectivity index (χ0v) is 24.5. The molecule has 0 amide bonds. The van der Waals surface area contributed by atoms with Crippen LogP contribution in [0.25, 0.3) is 22.2 Å². The van der Waals surface area contributed by atoms with Crippen LogP contribution in [0.2, 0.25) is 0 Å². The van der Waals surface area contributed by atoms with Gasteiger partial charge in [-0.2, -0.15) is 0 Å². The molecule has 2 aliphatic rings. The van der Waals surface area contributed by atoms with Crippen LogP contribution >= 0.6 is 0 Å². The van der Waals surface area contributed by atoms with Crippen LogP contribution in [0.15, 0.2) is 36.5 Å². The molecule has 3 aromatic rings. The minimum absolute atomic E-state index is 0.464. The van der Waals surface area contributed by atoms with Crippen LogP contribution in [-0.2, 0) is 0 Å². The second-order valence-corrected chi connectivity index (χ2v) is 11.7. The lowest BCUT2D eigenvalue weighted by atomic mass is 9.86. The van der Waals surface area contributed by atoms with Gasteiger partial charge in [0.15, 0.2) is 0 Å². The lowest BCUT2D eigenvalue weighted by Gasteiger charge is -2.39. The maximum absolute atomic E-state index is 4.40. The Bertz CT molecular complexity index is 1130. The molecule has 0 aliphatic carbocycles. The molecule has 0 spiro atoms. The smallest absolute Gasteiger partial charge is 0.0501 e. The monoisotopic (exact) mass is 502 g/mol. The minimum atomic E-state index is 0.464. The molecule has 2 aromatic heterocycles. The Hall–Kier alpha value is -2.17. The molecule has 2 fully saturated rings. The molecule has 0 unspecified atom stereocenters. The van der Waals surface area contributed by atoms with E-state index in [1.807, 2.05) is 20.0 Å². The van der Waals surface area contributed by atoms with Crippen molar-refractivity contribution < 1.29 is 0 Å². The zero-order chi connectivity index (χ0) is 26.5. The van der Waals surface area contributed by atoms with E-state index in [-0.39, 0.29) is 0 Å². The minimum Gasteiger partial charge on any atom is -0.354 e. The third-order valence-corrected chi connectivity index (χ3v) is 8.58. The fraction of sp³-hybridized carbons (Fsp3) is 0.606. The van der Waals surface area contributed by atoms with Gasteiger partial charge in [-0.05, 0) is 126 Å². The standard InChI is InChI=1S/C31H44N4.C2H6/c1-21(2)30-28-19-26(6-7-29(28)33-31(30)27-8-13-32-23(5)18-27)25-11-14-34(15-12-25)20-24-9-16-35(17-10-24)22(3)4;1-2/h6-8,13,18-19,21-22,24-25,33H,9-12,14-17,20H2,1-5H3;1-2H3. The molecule has 4 nitrogen and oxygen atoms in total. The summed E-state index contributed by atoms with van der Waals surface area (Å²) in [7, 11) is 0. The van der Waals surface area contributed by atoms with Gasteiger partial charge in [0.2, 0.25) is 0 Å². The number of hydrogen-bond donors (Lipinski definition) is 1. The molecular formula is C33H50N4. The first-order chi connectivity index (χ1) is 17.9. The molecule has 5 rings (SSSR count). The van der Waals surface area contributed by atoms with Gasteiger partial charge in [-0.25, -0.2) is 0 Å². The number of benzene rings is 1. The van der Waals surface area contributed by atoms with E-state index < -0.39 is 0 Å². The summed E-state index contributed by atoms with van der Waals surface area (Å²) in [6.07, 6.45) is 7.24. The molecule has 0 atom stereocenters. The molecular weight excluding hydrogens is 452 g/mol. The largest absolute Gasteiger partial charge is 0.354 e. The molecule has 0 radical (unpaired) electrons. The van der Waals surface area contributed by atoms with Crippen LogP contribution < -0.4 is 0 Å². The van der Waals surface area contributed by atoms with E-state index in [0.717, 1.165) is 11.6 Å². The Morgan fingerprint density at radius 1 is 0.919 bits per heavy atom. The van der Waals surface area contributed by atoms with E-state index in [2.05, 4.69) is 84.7 Å². The van der Waals surface area contributed by atoms with Crippen LogP contribution in [0, 0.1) is 12.8 Å². The number of piperidine rings is 2. The first kappa shape index (κ1) is 27.9. The highest BCUT2D eigenvalue weighted by Gasteiger charge is 2.26. The van der Waals surface area contributed by atoms with Crippen LogP contribution in [-0.4, -0.2) is 58.5 Å².